The van der Waals surface area contributed by atoms with E-state index in [0.717, 1.165) is 24.8 Å². The highest BCUT2D eigenvalue weighted by Gasteiger charge is 2.67. The van der Waals surface area contributed by atoms with Gasteiger partial charge in [0.15, 0.2) is 19.5 Å². The Morgan fingerprint density at radius 2 is 1.86 bits per heavy atom. The van der Waals surface area contributed by atoms with Gasteiger partial charge in [0.2, 0.25) is 0 Å². The monoisotopic (exact) mass is 532 g/mol. The van der Waals surface area contributed by atoms with E-state index in [4.69, 9.17) is 13.9 Å². The van der Waals surface area contributed by atoms with E-state index >= 15 is 0 Å². The molecule has 0 aliphatic heterocycles. The number of ketones is 1. The summed E-state index contributed by atoms with van der Waals surface area (Å²) in [6.45, 7) is 14.6. The van der Waals surface area contributed by atoms with Crippen LogP contribution in [0.15, 0.2) is 30.3 Å². The molecule has 1 unspecified atom stereocenters. The van der Waals surface area contributed by atoms with Gasteiger partial charge in [0.1, 0.15) is 0 Å². The molecular weight excluding hydrogens is 484 g/mol. The normalized spacial score (nSPS) is 29.5. The Balaban J connectivity index is 1.88. The molecule has 2 saturated carbocycles. The quantitative estimate of drug-likeness (QED) is 0.171. The predicted octanol–water partition coefficient (Wildman–Crippen LogP) is 6.06. The van der Waals surface area contributed by atoms with Gasteiger partial charge < -0.3 is 19.0 Å². The Hall–Kier alpha value is -1.54. The molecule has 1 aromatic carbocycles. The molecule has 0 amide bonds. The molecule has 2 aliphatic rings. The predicted molar refractivity (Wildman–Crippen MR) is 148 cm³/mol. The zero-order chi connectivity index (χ0) is 27.5. The van der Waals surface area contributed by atoms with Crippen LogP contribution in [0.3, 0.4) is 0 Å². The molecule has 2 aliphatic carbocycles. The number of rotatable bonds is 10. The summed E-state index contributed by atoms with van der Waals surface area (Å²) in [4.78, 5) is 26.7. The Kier molecular flexibility index (Phi) is 9.47. The van der Waals surface area contributed by atoms with Crippen LogP contribution < -0.4 is 0 Å². The molecule has 0 heterocycles. The summed E-state index contributed by atoms with van der Waals surface area (Å²) in [5.74, 6) is -1.08. The fourth-order valence-electron chi connectivity index (χ4n) is 6.33. The van der Waals surface area contributed by atoms with E-state index in [2.05, 4.69) is 52.9 Å². The summed E-state index contributed by atoms with van der Waals surface area (Å²) in [5.41, 5.74) is -0.800. The number of Topliss-reactive ketones (excluding diaryl/α,β-unsaturated/α-hetero) is 1. The molecule has 0 saturated heterocycles. The second-order valence-electron chi connectivity index (χ2n) is 12.8. The second-order valence-corrected chi connectivity index (χ2v) is 17.6. The summed E-state index contributed by atoms with van der Waals surface area (Å²) in [5, 5.41) is 11.2. The molecule has 1 aromatic rings. The highest BCUT2D eigenvalue weighted by atomic mass is 28.4. The highest BCUT2D eigenvalue weighted by molar-refractivity contribution is 6.74. The van der Waals surface area contributed by atoms with Crippen LogP contribution in [-0.4, -0.2) is 51.1 Å². The van der Waals surface area contributed by atoms with Crippen LogP contribution in [0.5, 0.6) is 0 Å². The molecular formula is C30H48O6Si. The van der Waals surface area contributed by atoms with E-state index < -0.39 is 31.2 Å². The minimum atomic E-state index is -2.17. The molecule has 0 spiro atoms. The van der Waals surface area contributed by atoms with Crippen LogP contribution in [0, 0.1) is 16.7 Å². The van der Waals surface area contributed by atoms with Crippen molar-refractivity contribution in [3.8, 4) is 0 Å². The third-order valence-corrected chi connectivity index (χ3v) is 14.0. The number of hydrogen-bond acceptors (Lipinski definition) is 6. The molecule has 0 radical (unpaired) electrons. The smallest absolute Gasteiger partial charge is 0.322 e. The van der Waals surface area contributed by atoms with Crippen molar-refractivity contribution in [1.82, 2.24) is 0 Å². The average Bonchev–Trinajstić information content (AvgIpc) is 2.85. The Morgan fingerprint density at radius 3 is 2.49 bits per heavy atom. The van der Waals surface area contributed by atoms with Gasteiger partial charge in [-0.05, 0) is 67.1 Å². The van der Waals surface area contributed by atoms with Gasteiger partial charge in [-0.3, -0.25) is 9.59 Å². The van der Waals surface area contributed by atoms with Crippen molar-refractivity contribution in [2.75, 3.05) is 13.7 Å². The summed E-state index contributed by atoms with van der Waals surface area (Å²) in [6, 6.07) is 10.1. The van der Waals surface area contributed by atoms with Gasteiger partial charge in [-0.15, -0.1) is 0 Å². The average molecular weight is 533 g/mol. The maximum Gasteiger partial charge on any atom is 0.322 e. The number of aliphatic hydroxyl groups excluding tert-OH is 1. The van der Waals surface area contributed by atoms with Gasteiger partial charge >= 0.3 is 5.97 Å². The Bertz CT molecular complexity index is 916. The molecule has 1 N–H and O–H groups in total. The fraction of sp³-hybridized carbons (Fsp3) is 0.733. The number of carbonyl (C=O) groups is 2. The molecule has 5 atom stereocenters. The van der Waals surface area contributed by atoms with Crippen LogP contribution in [0.1, 0.15) is 78.2 Å². The first-order valence-electron chi connectivity index (χ1n) is 13.9. The molecule has 2 fully saturated rings. The molecule has 0 aromatic heterocycles. The minimum Gasteiger partial charge on any atom is -0.468 e. The van der Waals surface area contributed by atoms with Crippen LogP contribution in [0.4, 0.5) is 0 Å². The van der Waals surface area contributed by atoms with E-state index in [-0.39, 0.29) is 29.3 Å². The first kappa shape index (κ1) is 30.0. The summed E-state index contributed by atoms with van der Waals surface area (Å²) in [6.07, 6.45) is 3.24. The number of fused-ring (bicyclic) bond motifs is 1. The number of carbonyl (C=O) groups excluding carboxylic acids is 2. The number of ether oxygens (including phenoxy) is 2. The summed E-state index contributed by atoms with van der Waals surface area (Å²) < 4.78 is 18.3. The molecule has 0 bridgehead atoms. The van der Waals surface area contributed by atoms with Crippen molar-refractivity contribution in [3.05, 3.63) is 35.9 Å². The van der Waals surface area contributed by atoms with Crippen molar-refractivity contribution in [2.24, 2.45) is 16.7 Å². The van der Waals surface area contributed by atoms with Crippen LogP contribution in [0.25, 0.3) is 0 Å². The maximum absolute atomic E-state index is 13.4. The zero-order valence-corrected chi connectivity index (χ0v) is 25.0. The van der Waals surface area contributed by atoms with Crippen molar-refractivity contribution in [2.45, 2.75) is 110 Å². The zero-order valence-electron chi connectivity index (χ0n) is 24.0. The molecule has 6 nitrogen and oxygen atoms in total. The first-order valence-corrected chi connectivity index (χ1v) is 16.8. The van der Waals surface area contributed by atoms with Gasteiger partial charge in [0.05, 0.1) is 25.9 Å². The minimum absolute atomic E-state index is 0.0153. The third-order valence-electron chi connectivity index (χ3n) is 9.56. The van der Waals surface area contributed by atoms with Gasteiger partial charge in [-0.25, -0.2) is 0 Å². The van der Waals surface area contributed by atoms with E-state index in [1.54, 1.807) is 0 Å². The van der Waals surface area contributed by atoms with E-state index in [1.807, 2.05) is 18.2 Å². The van der Waals surface area contributed by atoms with Crippen molar-refractivity contribution >= 4 is 20.1 Å². The number of benzene rings is 1. The van der Waals surface area contributed by atoms with Crippen LogP contribution in [-0.2, 0) is 30.1 Å². The number of aliphatic hydroxyl groups is 1. The second kappa shape index (κ2) is 11.7. The van der Waals surface area contributed by atoms with Crippen molar-refractivity contribution < 1.29 is 28.6 Å². The molecule has 37 heavy (non-hydrogen) atoms. The van der Waals surface area contributed by atoms with Gasteiger partial charge in [-0.1, -0.05) is 64.4 Å². The van der Waals surface area contributed by atoms with E-state index in [0.29, 0.717) is 32.5 Å². The topological polar surface area (TPSA) is 82.1 Å². The van der Waals surface area contributed by atoms with Gasteiger partial charge in [-0.2, -0.15) is 0 Å². The van der Waals surface area contributed by atoms with Gasteiger partial charge in [0, 0.05) is 13.0 Å². The lowest BCUT2D eigenvalue weighted by Gasteiger charge is -2.58. The molecule has 3 rings (SSSR count). The lowest BCUT2D eigenvalue weighted by Crippen LogP contribution is -2.66. The van der Waals surface area contributed by atoms with Crippen molar-refractivity contribution in [1.29, 1.82) is 0 Å². The van der Waals surface area contributed by atoms with Crippen LogP contribution in [0.2, 0.25) is 18.1 Å². The lowest BCUT2D eigenvalue weighted by molar-refractivity contribution is -0.197. The highest BCUT2D eigenvalue weighted by Crippen LogP contribution is 2.60. The number of hydrogen-bond donors (Lipinski definition) is 1. The van der Waals surface area contributed by atoms with E-state index in [9.17, 15) is 14.7 Å². The lowest BCUT2D eigenvalue weighted by atomic mass is 9.47. The third kappa shape index (κ3) is 5.90. The first-order chi connectivity index (χ1) is 17.3. The fourth-order valence-corrected chi connectivity index (χ4v) is 7.79. The van der Waals surface area contributed by atoms with Crippen molar-refractivity contribution in [3.63, 3.8) is 0 Å². The SMILES string of the molecule is COC(=O)[C@]12C(=O)CC[C@](C)([C@H](CCCOCc3ccccc3)O[Si](C)(C)C(C)(C)C)[C@@H]1CCCC2O. The van der Waals surface area contributed by atoms with Crippen LogP contribution >= 0.6 is 0 Å². The molecule has 208 valence electrons. The summed E-state index contributed by atoms with van der Waals surface area (Å²) >= 11 is 0. The Morgan fingerprint density at radius 1 is 1.19 bits per heavy atom. The molecule has 7 heteroatoms. The standard InChI is InChI=1S/C30H48O6Si/c1-28(2,3)37(6,7)36-26(17-12-20-35-21-22-13-9-8-10-14-22)29(4)19-18-25(32)30(27(33)34-5)23(29)15-11-16-24(30)31/h8-10,13-14,23-24,26,31H,11-12,15-21H2,1-7H3/t23-,24?,26-,29-,30+/m0/s1. The van der Waals surface area contributed by atoms with Gasteiger partial charge in [0.25, 0.3) is 0 Å². The summed E-state index contributed by atoms with van der Waals surface area (Å²) in [7, 11) is -0.853. The Labute approximate surface area is 224 Å². The maximum atomic E-state index is 13.4. The number of methoxy groups -OCH3 is 1. The largest absolute Gasteiger partial charge is 0.468 e. The van der Waals surface area contributed by atoms with E-state index in [1.165, 1.54) is 7.11 Å². The number of esters is 1.